The molecule has 2 aromatic carbocycles. The molecule has 19 nitrogen and oxygen atoms in total. The van der Waals surface area contributed by atoms with Crippen LogP contribution in [-0.4, -0.2) is 155 Å². The smallest absolute Gasteiger partial charge is 0.239 e. The maximum absolute atomic E-state index is 14.1. The molecule has 6 unspecified atom stereocenters. The Labute approximate surface area is 287 Å². The zero-order chi connectivity index (χ0) is 36.9. The van der Waals surface area contributed by atoms with Crippen molar-refractivity contribution in [2.75, 3.05) is 13.2 Å². The summed E-state index contributed by atoms with van der Waals surface area (Å²) in [7, 11) is 0. The van der Waals surface area contributed by atoms with Crippen LogP contribution >= 0.6 is 0 Å². The zero-order valence-corrected chi connectivity index (χ0v) is 26.6. The van der Waals surface area contributed by atoms with E-state index in [0.717, 1.165) is 12.1 Å². The summed E-state index contributed by atoms with van der Waals surface area (Å²) >= 11 is 0. The second kappa shape index (κ2) is 14.8. The fourth-order valence-corrected chi connectivity index (χ4v) is 5.95. The molecule has 3 saturated heterocycles. The Balaban J connectivity index is 1.41. The van der Waals surface area contributed by atoms with E-state index in [-0.39, 0.29) is 28.4 Å². The SMILES string of the molecule is CC1O[C@@H](Oc2cc(O)c3c(=O)c(O[C@@H]4OC(CO)[C@H](O)C(O)C4O[C@@H]4OC[C@@H](O)C(O)[C@H]4O)c(-c4ccc(O)cc4)oc3c2)C(O)[C@@H](O)[C@H]1O. The van der Waals surface area contributed by atoms with E-state index in [1.807, 2.05) is 0 Å². The van der Waals surface area contributed by atoms with Crippen LogP contribution in [0.5, 0.6) is 23.0 Å². The van der Waals surface area contributed by atoms with Crippen molar-refractivity contribution in [1.29, 1.82) is 0 Å². The molecule has 1 aromatic heterocycles. The highest BCUT2D eigenvalue weighted by Gasteiger charge is 2.50. The normalized spacial score (nSPS) is 37.3. The van der Waals surface area contributed by atoms with Crippen molar-refractivity contribution in [3.05, 3.63) is 46.6 Å². The minimum absolute atomic E-state index is 0.125. The first-order chi connectivity index (χ1) is 24.2. The lowest BCUT2D eigenvalue weighted by Gasteiger charge is -2.44. The van der Waals surface area contributed by atoms with E-state index in [2.05, 4.69) is 0 Å². The molecular formula is C32H38O19. The first kappa shape index (κ1) is 37.1. The standard InChI is InChI=1S/C32H38O19/c1-10-19(37)23(41)26(44)31(46-10)47-13-6-14(35)18-16(7-13)48-27(11-2-4-12(34)5-3-11)28(22(18)40)50-32-29(24(42)21(39)17(8-33)49-32)51-30-25(43)20(38)15(36)9-45-30/h2-7,10,15,17,19-21,23-26,29-39,41-44H,8-9H2,1H3/t10?,15-,17?,19+,20?,21+,23+,24?,25-,26?,29?,30+,31+,32+/m1/s1. The summed E-state index contributed by atoms with van der Waals surface area (Å²) in [5, 5.41) is 113. The molecule has 280 valence electrons. The number of fused-ring (bicyclic) bond motifs is 1. The fourth-order valence-electron chi connectivity index (χ4n) is 5.95. The van der Waals surface area contributed by atoms with Gasteiger partial charge in [-0.15, -0.1) is 0 Å². The van der Waals surface area contributed by atoms with E-state index in [9.17, 15) is 61.0 Å². The van der Waals surface area contributed by atoms with Crippen LogP contribution in [0.15, 0.2) is 45.6 Å². The molecule has 0 bridgehead atoms. The largest absolute Gasteiger partial charge is 0.508 e. The predicted molar refractivity (Wildman–Crippen MR) is 165 cm³/mol. The van der Waals surface area contributed by atoms with Crippen LogP contribution in [0.2, 0.25) is 0 Å². The molecule has 0 radical (unpaired) electrons. The molecule has 3 aromatic rings. The van der Waals surface area contributed by atoms with Crippen molar-refractivity contribution < 1.29 is 89.0 Å². The van der Waals surface area contributed by atoms with E-state index >= 15 is 0 Å². The van der Waals surface area contributed by atoms with Gasteiger partial charge in [0.1, 0.15) is 83.2 Å². The van der Waals surface area contributed by atoms with Crippen molar-refractivity contribution in [2.45, 2.75) is 92.9 Å². The van der Waals surface area contributed by atoms with Gasteiger partial charge in [0, 0.05) is 17.7 Å². The third-order valence-electron chi connectivity index (χ3n) is 8.90. The molecule has 11 N–H and O–H groups in total. The van der Waals surface area contributed by atoms with Crippen molar-refractivity contribution >= 4 is 11.0 Å². The molecule has 3 aliphatic rings. The molecule has 14 atom stereocenters. The number of aliphatic hydroxyl groups is 9. The van der Waals surface area contributed by atoms with Crippen molar-refractivity contribution in [2.24, 2.45) is 0 Å². The molecule has 0 aliphatic carbocycles. The summed E-state index contributed by atoms with van der Waals surface area (Å²) in [6.45, 7) is 0.106. The lowest BCUT2D eigenvalue weighted by Crippen LogP contribution is -2.64. The van der Waals surface area contributed by atoms with Gasteiger partial charge < -0.3 is 89.0 Å². The highest BCUT2D eigenvalue weighted by Crippen LogP contribution is 2.39. The Morgan fingerprint density at radius 1 is 0.765 bits per heavy atom. The van der Waals surface area contributed by atoms with Crippen LogP contribution in [0, 0.1) is 0 Å². The molecule has 6 rings (SSSR count). The van der Waals surface area contributed by atoms with E-state index in [4.69, 9.17) is 32.8 Å². The summed E-state index contributed by atoms with van der Waals surface area (Å²) in [4.78, 5) is 14.1. The van der Waals surface area contributed by atoms with E-state index in [1.54, 1.807) is 0 Å². The van der Waals surface area contributed by atoms with Crippen molar-refractivity contribution in [3.8, 4) is 34.3 Å². The molecule has 0 saturated carbocycles. The van der Waals surface area contributed by atoms with Crippen LogP contribution in [0.1, 0.15) is 6.92 Å². The van der Waals surface area contributed by atoms with Crippen LogP contribution in [-0.2, 0) is 18.9 Å². The zero-order valence-electron chi connectivity index (χ0n) is 26.6. The minimum atomic E-state index is -1.92. The summed E-state index contributed by atoms with van der Waals surface area (Å²) in [5.41, 5.74) is -1.20. The number of phenols is 2. The summed E-state index contributed by atoms with van der Waals surface area (Å²) in [6.07, 6.45) is -22.8. The van der Waals surface area contributed by atoms with Gasteiger partial charge in [0.15, 0.2) is 18.2 Å². The highest BCUT2D eigenvalue weighted by molar-refractivity contribution is 5.88. The highest BCUT2D eigenvalue weighted by atomic mass is 16.8. The second-order valence-electron chi connectivity index (χ2n) is 12.4. The number of ether oxygens (including phenoxy) is 6. The van der Waals surface area contributed by atoms with Crippen molar-refractivity contribution in [3.63, 3.8) is 0 Å². The molecule has 3 aliphatic heterocycles. The number of benzene rings is 2. The quantitative estimate of drug-likeness (QED) is 0.108. The van der Waals surface area contributed by atoms with Crippen LogP contribution in [0.3, 0.4) is 0 Å². The van der Waals surface area contributed by atoms with E-state index < -0.39 is 122 Å². The number of aromatic hydroxyl groups is 2. The topological polar surface area (TPSA) is 308 Å². The van der Waals surface area contributed by atoms with Gasteiger partial charge in [0.05, 0.1) is 19.3 Å². The van der Waals surface area contributed by atoms with Gasteiger partial charge in [-0.3, -0.25) is 4.79 Å². The average Bonchev–Trinajstić information content (AvgIpc) is 3.10. The maximum atomic E-state index is 14.1. The Morgan fingerprint density at radius 2 is 1.45 bits per heavy atom. The first-order valence-electron chi connectivity index (χ1n) is 15.8. The number of phenolic OH excluding ortho intramolecular Hbond substituents is 2. The lowest BCUT2D eigenvalue weighted by molar-refractivity contribution is -0.345. The monoisotopic (exact) mass is 726 g/mol. The predicted octanol–water partition coefficient (Wildman–Crippen LogP) is -3.28. The first-order valence-corrected chi connectivity index (χ1v) is 15.8. The van der Waals surface area contributed by atoms with E-state index in [0.29, 0.717) is 0 Å². The Hall–Kier alpha value is -3.67. The van der Waals surface area contributed by atoms with Gasteiger partial charge in [0.25, 0.3) is 0 Å². The van der Waals surface area contributed by atoms with Gasteiger partial charge in [-0.05, 0) is 31.2 Å². The molecule has 51 heavy (non-hydrogen) atoms. The third-order valence-corrected chi connectivity index (χ3v) is 8.90. The molecule has 19 heteroatoms. The number of aliphatic hydroxyl groups excluding tert-OH is 9. The second-order valence-corrected chi connectivity index (χ2v) is 12.4. The van der Waals surface area contributed by atoms with Gasteiger partial charge in [-0.1, -0.05) is 0 Å². The van der Waals surface area contributed by atoms with Gasteiger partial charge >= 0.3 is 0 Å². The number of hydrogen-bond donors (Lipinski definition) is 11. The summed E-state index contributed by atoms with van der Waals surface area (Å²) in [5.74, 6) is -2.06. The van der Waals surface area contributed by atoms with Crippen LogP contribution in [0.4, 0.5) is 0 Å². The molecule has 4 heterocycles. The summed E-state index contributed by atoms with van der Waals surface area (Å²) in [6, 6.07) is 7.35. The molecular weight excluding hydrogens is 688 g/mol. The third kappa shape index (κ3) is 7.09. The van der Waals surface area contributed by atoms with Gasteiger partial charge in [0.2, 0.25) is 23.8 Å². The van der Waals surface area contributed by atoms with Crippen molar-refractivity contribution in [1.82, 2.24) is 0 Å². The Kier molecular flexibility index (Phi) is 10.7. The van der Waals surface area contributed by atoms with Gasteiger partial charge in [-0.2, -0.15) is 0 Å². The number of hydrogen-bond acceptors (Lipinski definition) is 19. The lowest BCUT2D eigenvalue weighted by atomic mass is 9.98. The minimum Gasteiger partial charge on any atom is -0.508 e. The van der Waals surface area contributed by atoms with Gasteiger partial charge in [-0.25, -0.2) is 0 Å². The summed E-state index contributed by atoms with van der Waals surface area (Å²) < 4.78 is 39.7. The number of rotatable bonds is 8. The molecule has 0 spiro atoms. The molecule has 3 fully saturated rings. The fraction of sp³-hybridized carbons (Fsp3) is 0.531. The maximum Gasteiger partial charge on any atom is 0.239 e. The average molecular weight is 727 g/mol. The Bertz CT molecular complexity index is 1730. The Morgan fingerprint density at radius 3 is 2.14 bits per heavy atom. The molecule has 0 amide bonds. The van der Waals surface area contributed by atoms with E-state index in [1.165, 1.54) is 31.2 Å². The van der Waals surface area contributed by atoms with Crippen LogP contribution in [0.25, 0.3) is 22.3 Å². The van der Waals surface area contributed by atoms with Crippen LogP contribution < -0.4 is 14.9 Å².